The Morgan fingerprint density at radius 2 is 1.77 bits per heavy atom. The Labute approximate surface area is 130 Å². The van der Waals surface area contributed by atoms with Gasteiger partial charge in [-0.2, -0.15) is 0 Å². The molecule has 114 valence electrons. The SMILES string of the molecule is CCOC(=O)[C@H]1OCN(c2ccccc2)[C@H]1c1ccccc1. The van der Waals surface area contributed by atoms with Crippen molar-refractivity contribution in [3.05, 3.63) is 66.2 Å². The highest BCUT2D eigenvalue weighted by atomic mass is 16.6. The molecule has 22 heavy (non-hydrogen) atoms. The summed E-state index contributed by atoms with van der Waals surface area (Å²) in [6, 6.07) is 19.7. The Kier molecular flexibility index (Phi) is 4.39. The van der Waals surface area contributed by atoms with Crippen LogP contribution in [-0.4, -0.2) is 25.4 Å². The van der Waals surface area contributed by atoms with Crippen LogP contribution in [0, 0.1) is 0 Å². The lowest BCUT2D eigenvalue weighted by Crippen LogP contribution is -2.33. The van der Waals surface area contributed by atoms with Gasteiger partial charge in [0.25, 0.3) is 0 Å². The van der Waals surface area contributed by atoms with Crippen molar-refractivity contribution in [2.24, 2.45) is 0 Å². The van der Waals surface area contributed by atoms with Gasteiger partial charge < -0.3 is 14.4 Å². The molecule has 2 aromatic rings. The maximum atomic E-state index is 12.2. The topological polar surface area (TPSA) is 38.8 Å². The zero-order chi connectivity index (χ0) is 15.4. The average molecular weight is 297 g/mol. The number of nitrogens with zero attached hydrogens (tertiary/aromatic N) is 1. The second-order valence-corrected chi connectivity index (χ2v) is 5.13. The van der Waals surface area contributed by atoms with Gasteiger partial charge in [0.15, 0.2) is 6.10 Å². The van der Waals surface area contributed by atoms with Crippen LogP contribution < -0.4 is 4.90 Å². The minimum absolute atomic E-state index is 0.178. The Hall–Kier alpha value is -2.33. The molecule has 2 atom stereocenters. The van der Waals surface area contributed by atoms with E-state index in [1.165, 1.54) is 0 Å². The normalized spacial score (nSPS) is 20.9. The molecule has 4 heteroatoms. The van der Waals surface area contributed by atoms with Crippen molar-refractivity contribution in [3.8, 4) is 0 Å². The Bertz CT molecular complexity index is 615. The lowest BCUT2D eigenvalue weighted by molar-refractivity contribution is -0.154. The molecule has 2 aromatic carbocycles. The van der Waals surface area contributed by atoms with Crippen molar-refractivity contribution in [1.82, 2.24) is 0 Å². The third kappa shape index (κ3) is 2.83. The highest BCUT2D eigenvalue weighted by Crippen LogP contribution is 2.36. The second-order valence-electron chi connectivity index (χ2n) is 5.13. The van der Waals surface area contributed by atoms with E-state index in [1.54, 1.807) is 6.92 Å². The quantitative estimate of drug-likeness (QED) is 0.813. The summed E-state index contributed by atoms with van der Waals surface area (Å²) in [7, 11) is 0. The molecule has 0 spiro atoms. The fraction of sp³-hybridized carbons (Fsp3) is 0.278. The van der Waals surface area contributed by atoms with Crippen LogP contribution in [0.5, 0.6) is 0 Å². The van der Waals surface area contributed by atoms with Gasteiger partial charge in [-0.05, 0) is 24.6 Å². The predicted molar refractivity (Wildman–Crippen MR) is 84.5 cm³/mol. The number of esters is 1. The van der Waals surface area contributed by atoms with Gasteiger partial charge in [-0.25, -0.2) is 4.79 Å². The molecule has 1 aliphatic heterocycles. The molecule has 0 bridgehead atoms. The van der Waals surface area contributed by atoms with Crippen molar-refractivity contribution in [2.75, 3.05) is 18.2 Å². The van der Waals surface area contributed by atoms with Gasteiger partial charge in [0.1, 0.15) is 6.73 Å². The molecular weight excluding hydrogens is 278 g/mol. The van der Waals surface area contributed by atoms with E-state index < -0.39 is 6.10 Å². The second kappa shape index (κ2) is 6.62. The molecule has 3 rings (SSSR count). The predicted octanol–water partition coefficient (Wildman–Crippen LogP) is 3.15. The smallest absolute Gasteiger partial charge is 0.337 e. The Balaban J connectivity index is 1.95. The number of anilines is 1. The summed E-state index contributed by atoms with van der Waals surface area (Å²) in [6.45, 7) is 2.53. The van der Waals surface area contributed by atoms with E-state index in [4.69, 9.17) is 9.47 Å². The number of hydrogen-bond acceptors (Lipinski definition) is 4. The zero-order valence-electron chi connectivity index (χ0n) is 12.5. The molecule has 0 saturated carbocycles. The highest BCUT2D eigenvalue weighted by molar-refractivity contribution is 5.77. The van der Waals surface area contributed by atoms with Crippen molar-refractivity contribution in [2.45, 2.75) is 19.1 Å². The van der Waals surface area contributed by atoms with Crippen molar-refractivity contribution >= 4 is 11.7 Å². The molecule has 0 radical (unpaired) electrons. The van der Waals surface area contributed by atoms with Crippen molar-refractivity contribution in [3.63, 3.8) is 0 Å². The maximum Gasteiger partial charge on any atom is 0.337 e. The van der Waals surface area contributed by atoms with Gasteiger partial charge in [0, 0.05) is 5.69 Å². The molecule has 4 nitrogen and oxygen atoms in total. The Morgan fingerprint density at radius 3 is 2.41 bits per heavy atom. The summed E-state index contributed by atoms with van der Waals surface area (Å²) >= 11 is 0. The van der Waals surface area contributed by atoms with Crippen LogP contribution in [-0.2, 0) is 14.3 Å². The molecular formula is C18H19NO3. The summed E-state index contributed by atoms with van der Waals surface area (Å²) in [5.74, 6) is -0.310. The van der Waals surface area contributed by atoms with Crippen LogP contribution in [0.1, 0.15) is 18.5 Å². The fourth-order valence-corrected chi connectivity index (χ4v) is 2.78. The minimum Gasteiger partial charge on any atom is -0.464 e. The van der Waals surface area contributed by atoms with E-state index in [2.05, 4.69) is 4.90 Å². The molecule has 0 N–H and O–H groups in total. The Morgan fingerprint density at radius 1 is 1.14 bits per heavy atom. The van der Waals surface area contributed by atoms with E-state index in [0.717, 1.165) is 11.3 Å². The van der Waals surface area contributed by atoms with Gasteiger partial charge in [-0.3, -0.25) is 0 Å². The summed E-state index contributed by atoms with van der Waals surface area (Å²) < 4.78 is 10.9. The van der Waals surface area contributed by atoms with Gasteiger partial charge in [0.05, 0.1) is 12.6 Å². The van der Waals surface area contributed by atoms with Crippen LogP contribution in [0.15, 0.2) is 60.7 Å². The number of benzene rings is 2. The first kappa shape index (κ1) is 14.6. The number of ether oxygens (including phenoxy) is 2. The van der Waals surface area contributed by atoms with Crippen LogP contribution in [0.3, 0.4) is 0 Å². The maximum absolute atomic E-state index is 12.2. The van der Waals surface area contributed by atoms with E-state index >= 15 is 0 Å². The number of hydrogen-bond donors (Lipinski definition) is 0. The monoisotopic (exact) mass is 297 g/mol. The highest BCUT2D eigenvalue weighted by Gasteiger charge is 2.41. The number of carbonyl (C=O) groups excluding carboxylic acids is 1. The summed E-state index contributed by atoms with van der Waals surface area (Å²) in [5, 5.41) is 0. The van der Waals surface area contributed by atoms with Gasteiger partial charge >= 0.3 is 5.97 Å². The van der Waals surface area contributed by atoms with Gasteiger partial charge in [-0.15, -0.1) is 0 Å². The lowest BCUT2D eigenvalue weighted by atomic mass is 10.0. The lowest BCUT2D eigenvalue weighted by Gasteiger charge is -2.27. The molecule has 1 heterocycles. The molecule has 0 unspecified atom stereocenters. The largest absolute Gasteiger partial charge is 0.464 e. The zero-order valence-corrected chi connectivity index (χ0v) is 12.5. The summed E-state index contributed by atoms with van der Waals surface area (Å²) in [5.41, 5.74) is 2.07. The first-order valence-electron chi connectivity index (χ1n) is 7.46. The summed E-state index contributed by atoms with van der Waals surface area (Å²) in [4.78, 5) is 14.3. The molecule has 1 saturated heterocycles. The molecule has 0 aliphatic carbocycles. The van der Waals surface area contributed by atoms with Crippen LogP contribution in [0.4, 0.5) is 5.69 Å². The fourth-order valence-electron chi connectivity index (χ4n) is 2.78. The first-order valence-corrected chi connectivity index (χ1v) is 7.46. The minimum atomic E-state index is -0.609. The van der Waals surface area contributed by atoms with E-state index in [-0.39, 0.29) is 12.0 Å². The van der Waals surface area contributed by atoms with Crippen molar-refractivity contribution in [1.29, 1.82) is 0 Å². The molecule has 1 aliphatic rings. The molecule has 0 aromatic heterocycles. The average Bonchev–Trinajstić information content (AvgIpc) is 3.02. The third-order valence-electron chi connectivity index (χ3n) is 3.76. The molecule has 1 fully saturated rings. The first-order chi connectivity index (χ1) is 10.8. The number of carbonyl (C=O) groups is 1. The van der Waals surface area contributed by atoms with Crippen LogP contribution >= 0.6 is 0 Å². The van der Waals surface area contributed by atoms with E-state index in [9.17, 15) is 4.79 Å². The standard InChI is InChI=1S/C18H19NO3/c1-2-21-18(20)17-16(14-9-5-3-6-10-14)19(13-22-17)15-11-7-4-8-12-15/h3-12,16-17H,2,13H2,1H3/t16-,17-/m0/s1. The van der Waals surface area contributed by atoms with Crippen LogP contribution in [0.2, 0.25) is 0 Å². The number of para-hydroxylation sites is 1. The van der Waals surface area contributed by atoms with Crippen LogP contribution in [0.25, 0.3) is 0 Å². The van der Waals surface area contributed by atoms with Gasteiger partial charge in [-0.1, -0.05) is 48.5 Å². The summed E-state index contributed by atoms with van der Waals surface area (Å²) in [6.07, 6.45) is -0.609. The third-order valence-corrected chi connectivity index (χ3v) is 3.76. The van der Waals surface area contributed by atoms with Gasteiger partial charge in [0.2, 0.25) is 0 Å². The van der Waals surface area contributed by atoms with Crippen molar-refractivity contribution < 1.29 is 14.3 Å². The molecule has 0 amide bonds. The number of rotatable bonds is 4. The van der Waals surface area contributed by atoms with E-state index in [1.807, 2.05) is 60.7 Å². The van der Waals surface area contributed by atoms with E-state index in [0.29, 0.717) is 13.3 Å².